The van der Waals surface area contributed by atoms with E-state index in [0.717, 1.165) is 6.54 Å². The number of nitrogens with zero attached hydrogens (tertiary/aromatic N) is 1. The molecule has 2 N–H and O–H groups in total. The van der Waals surface area contributed by atoms with Gasteiger partial charge in [0.15, 0.2) is 0 Å². The van der Waals surface area contributed by atoms with Crippen LogP contribution in [0.1, 0.15) is 46.5 Å². The number of rotatable bonds is 2. The predicted molar refractivity (Wildman–Crippen MR) is 66.9 cm³/mol. The molecule has 0 aromatic rings. The van der Waals surface area contributed by atoms with Crippen LogP contribution in [0.25, 0.3) is 0 Å². The minimum atomic E-state index is 0.413. The van der Waals surface area contributed by atoms with Gasteiger partial charge in [0, 0.05) is 6.04 Å². The van der Waals surface area contributed by atoms with Crippen molar-refractivity contribution in [3.8, 4) is 0 Å². The first-order valence-electron chi connectivity index (χ1n) is 6.34. The molecule has 1 aliphatic rings. The molecule has 15 heavy (non-hydrogen) atoms. The van der Waals surface area contributed by atoms with E-state index in [4.69, 9.17) is 5.73 Å². The number of hydrogen-bond donors (Lipinski definition) is 1. The van der Waals surface area contributed by atoms with E-state index in [1.54, 1.807) is 0 Å². The molecule has 1 heterocycles. The number of nitrogens with two attached hydrogens (primary N) is 1. The zero-order chi connectivity index (χ0) is 11.5. The lowest BCUT2D eigenvalue weighted by molar-refractivity contribution is 0.139. The molecule has 0 amide bonds. The highest BCUT2D eigenvalue weighted by molar-refractivity contribution is 4.85. The van der Waals surface area contributed by atoms with Crippen LogP contribution in [0.4, 0.5) is 0 Å². The van der Waals surface area contributed by atoms with E-state index in [1.807, 2.05) is 0 Å². The van der Waals surface area contributed by atoms with Gasteiger partial charge in [-0.15, -0.1) is 0 Å². The molecule has 1 aliphatic heterocycles. The zero-order valence-corrected chi connectivity index (χ0v) is 10.9. The maximum atomic E-state index is 5.92. The molecular formula is C13H28N2. The lowest BCUT2D eigenvalue weighted by Gasteiger charge is -2.36. The smallest absolute Gasteiger partial charge is 0.0137 e. The van der Waals surface area contributed by atoms with Crippen LogP contribution in [-0.4, -0.2) is 31.1 Å². The Hall–Kier alpha value is -0.0800. The lowest BCUT2D eigenvalue weighted by atomic mass is 9.81. The quantitative estimate of drug-likeness (QED) is 0.762. The molecule has 1 rings (SSSR count). The summed E-state index contributed by atoms with van der Waals surface area (Å²) in [5.74, 6) is 0.705. The van der Waals surface area contributed by atoms with Gasteiger partial charge in [-0.25, -0.2) is 0 Å². The Morgan fingerprint density at radius 3 is 2.47 bits per heavy atom. The molecule has 0 aromatic heterocycles. The second-order valence-corrected chi connectivity index (χ2v) is 6.30. The van der Waals surface area contributed by atoms with Gasteiger partial charge in [-0.3, -0.25) is 0 Å². The maximum Gasteiger partial charge on any atom is 0.0137 e. The fourth-order valence-electron chi connectivity index (χ4n) is 2.71. The van der Waals surface area contributed by atoms with Gasteiger partial charge in [-0.2, -0.15) is 0 Å². The standard InChI is InChI=1S/C13H28N2/c1-13(2,3)9-12-11(10-14)7-5-6-8-15(12)4/h11-12H,5-10,14H2,1-4H3/t11-,12-/m1/s1. The molecular weight excluding hydrogens is 184 g/mol. The average Bonchev–Trinajstić information content (AvgIpc) is 2.28. The Balaban J connectivity index is 2.67. The first-order valence-corrected chi connectivity index (χ1v) is 6.34. The molecule has 90 valence electrons. The minimum absolute atomic E-state index is 0.413. The number of hydrogen-bond acceptors (Lipinski definition) is 2. The Labute approximate surface area is 95.2 Å². The first-order chi connectivity index (χ1) is 6.94. The molecule has 1 saturated heterocycles. The Bertz CT molecular complexity index is 183. The van der Waals surface area contributed by atoms with Crippen molar-refractivity contribution < 1.29 is 0 Å². The van der Waals surface area contributed by atoms with Crippen molar-refractivity contribution in [2.45, 2.75) is 52.5 Å². The summed E-state index contributed by atoms with van der Waals surface area (Å²) in [6.07, 6.45) is 5.29. The van der Waals surface area contributed by atoms with Gasteiger partial charge in [0.05, 0.1) is 0 Å². The third-order valence-electron chi connectivity index (χ3n) is 3.57. The van der Waals surface area contributed by atoms with Crippen LogP contribution in [0, 0.1) is 11.3 Å². The van der Waals surface area contributed by atoms with Crippen molar-refractivity contribution in [3.63, 3.8) is 0 Å². The van der Waals surface area contributed by atoms with Gasteiger partial charge in [-0.05, 0) is 50.7 Å². The predicted octanol–water partition coefficient (Wildman–Crippen LogP) is 2.48. The molecule has 1 fully saturated rings. The summed E-state index contributed by atoms with van der Waals surface area (Å²) in [5, 5.41) is 0. The zero-order valence-electron chi connectivity index (χ0n) is 10.9. The van der Waals surface area contributed by atoms with Crippen LogP contribution in [0.2, 0.25) is 0 Å². The fraction of sp³-hybridized carbons (Fsp3) is 1.00. The summed E-state index contributed by atoms with van der Waals surface area (Å²) < 4.78 is 0. The monoisotopic (exact) mass is 212 g/mol. The second kappa shape index (κ2) is 5.31. The van der Waals surface area contributed by atoms with Gasteiger partial charge in [0.25, 0.3) is 0 Å². The van der Waals surface area contributed by atoms with Crippen molar-refractivity contribution in [2.24, 2.45) is 17.1 Å². The number of likely N-dealkylation sites (tertiary alicyclic amines) is 1. The lowest BCUT2D eigenvalue weighted by Crippen LogP contribution is -2.42. The SMILES string of the molecule is CN1CCCC[C@H](CN)[C@H]1CC(C)(C)C. The van der Waals surface area contributed by atoms with Crippen LogP contribution in [0.15, 0.2) is 0 Å². The summed E-state index contributed by atoms with van der Waals surface area (Å²) in [6, 6.07) is 0.692. The Morgan fingerprint density at radius 2 is 1.93 bits per heavy atom. The first kappa shape index (κ1) is 13.0. The highest BCUT2D eigenvalue weighted by Crippen LogP contribution is 2.31. The van der Waals surface area contributed by atoms with Crippen LogP contribution in [0.3, 0.4) is 0 Å². The summed E-state index contributed by atoms with van der Waals surface area (Å²) >= 11 is 0. The molecule has 0 bridgehead atoms. The molecule has 2 heteroatoms. The van der Waals surface area contributed by atoms with Gasteiger partial charge in [0.2, 0.25) is 0 Å². The molecule has 0 aliphatic carbocycles. The topological polar surface area (TPSA) is 29.3 Å². The van der Waals surface area contributed by atoms with E-state index < -0.39 is 0 Å². The highest BCUT2D eigenvalue weighted by Gasteiger charge is 2.30. The summed E-state index contributed by atoms with van der Waals surface area (Å²) in [7, 11) is 2.27. The Kier molecular flexibility index (Phi) is 4.60. The van der Waals surface area contributed by atoms with Crippen LogP contribution < -0.4 is 5.73 Å². The Morgan fingerprint density at radius 1 is 1.27 bits per heavy atom. The van der Waals surface area contributed by atoms with Gasteiger partial charge < -0.3 is 10.6 Å². The fourth-order valence-corrected chi connectivity index (χ4v) is 2.71. The van der Waals surface area contributed by atoms with E-state index in [9.17, 15) is 0 Å². The second-order valence-electron chi connectivity index (χ2n) is 6.30. The van der Waals surface area contributed by atoms with Crippen LogP contribution in [-0.2, 0) is 0 Å². The van der Waals surface area contributed by atoms with Gasteiger partial charge in [0.1, 0.15) is 0 Å². The van der Waals surface area contributed by atoms with Gasteiger partial charge in [-0.1, -0.05) is 27.2 Å². The molecule has 0 spiro atoms. The summed E-state index contributed by atoms with van der Waals surface area (Å²) in [5.41, 5.74) is 6.33. The molecule has 0 aromatic carbocycles. The molecule has 0 unspecified atom stereocenters. The van der Waals surface area contributed by atoms with E-state index >= 15 is 0 Å². The molecule has 2 nitrogen and oxygen atoms in total. The highest BCUT2D eigenvalue weighted by atomic mass is 15.1. The molecule has 2 atom stereocenters. The van der Waals surface area contributed by atoms with E-state index in [1.165, 1.54) is 32.2 Å². The van der Waals surface area contributed by atoms with E-state index in [0.29, 0.717) is 17.4 Å². The molecule has 0 radical (unpaired) electrons. The normalized spacial score (nSPS) is 30.2. The van der Waals surface area contributed by atoms with Crippen molar-refractivity contribution in [2.75, 3.05) is 20.1 Å². The average molecular weight is 212 g/mol. The van der Waals surface area contributed by atoms with E-state index in [2.05, 4.69) is 32.7 Å². The van der Waals surface area contributed by atoms with Crippen molar-refractivity contribution in [1.82, 2.24) is 4.90 Å². The maximum absolute atomic E-state index is 5.92. The minimum Gasteiger partial charge on any atom is -0.330 e. The van der Waals surface area contributed by atoms with Crippen molar-refractivity contribution in [3.05, 3.63) is 0 Å². The van der Waals surface area contributed by atoms with Crippen LogP contribution in [0.5, 0.6) is 0 Å². The third kappa shape index (κ3) is 4.12. The summed E-state index contributed by atoms with van der Waals surface area (Å²) in [4.78, 5) is 2.54. The molecule has 0 saturated carbocycles. The summed E-state index contributed by atoms with van der Waals surface area (Å²) in [6.45, 7) is 9.10. The van der Waals surface area contributed by atoms with E-state index in [-0.39, 0.29) is 0 Å². The largest absolute Gasteiger partial charge is 0.330 e. The van der Waals surface area contributed by atoms with Crippen molar-refractivity contribution in [1.29, 1.82) is 0 Å². The van der Waals surface area contributed by atoms with Crippen LogP contribution >= 0.6 is 0 Å². The van der Waals surface area contributed by atoms with Crippen molar-refractivity contribution >= 4 is 0 Å². The van der Waals surface area contributed by atoms with Gasteiger partial charge >= 0.3 is 0 Å². The third-order valence-corrected chi connectivity index (χ3v) is 3.57.